The molecule has 2 aliphatic rings. The van der Waals surface area contributed by atoms with E-state index in [1.807, 2.05) is 6.08 Å². The molecule has 2 heterocycles. The van der Waals surface area contributed by atoms with Crippen molar-refractivity contribution in [1.29, 1.82) is 0 Å². The van der Waals surface area contributed by atoms with Crippen LogP contribution in [0.2, 0.25) is 0 Å². The summed E-state index contributed by atoms with van der Waals surface area (Å²) in [6, 6.07) is 0. The molecule has 1 unspecified atom stereocenters. The third kappa shape index (κ3) is 1.09. The smallest absolute Gasteiger partial charge is 0.136 e. The second-order valence-corrected chi connectivity index (χ2v) is 3.59. The molecule has 56 valence electrons. The summed E-state index contributed by atoms with van der Waals surface area (Å²) in [4.78, 5) is 7.93. The third-order valence-electron chi connectivity index (χ3n) is 1.48. The van der Waals surface area contributed by atoms with Gasteiger partial charge in [0.05, 0.1) is 10.8 Å². The van der Waals surface area contributed by atoms with Crippen molar-refractivity contribution in [1.82, 2.24) is 0 Å². The van der Waals surface area contributed by atoms with Gasteiger partial charge in [-0.25, -0.2) is 4.99 Å². The van der Waals surface area contributed by atoms with E-state index in [-0.39, 0.29) is 0 Å². The summed E-state index contributed by atoms with van der Waals surface area (Å²) in [6.45, 7) is 0. The Labute approximate surface area is 66.7 Å². The summed E-state index contributed by atoms with van der Waals surface area (Å²) in [6.07, 6.45) is 6.73. The summed E-state index contributed by atoms with van der Waals surface area (Å²) < 4.78 is 11.2. The maximum atomic E-state index is 11.2. The first kappa shape index (κ1) is 6.67. The fraction of sp³-hybridized carbons (Fsp3) is 0.143. The molecule has 4 heteroatoms. The van der Waals surface area contributed by atoms with E-state index < -0.39 is 10.8 Å². The van der Waals surface area contributed by atoms with Crippen LogP contribution in [-0.4, -0.2) is 21.2 Å². The molecule has 0 radical (unpaired) electrons. The van der Waals surface area contributed by atoms with Crippen molar-refractivity contribution in [2.45, 2.75) is 0 Å². The number of aliphatic imine (C=N–C) groups is 2. The third-order valence-corrected chi connectivity index (χ3v) is 2.72. The Morgan fingerprint density at radius 1 is 1.45 bits per heavy atom. The molecule has 0 aromatic carbocycles. The van der Waals surface area contributed by atoms with E-state index >= 15 is 0 Å². The van der Waals surface area contributed by atoms with E-state index in [1.165, 1.54) is 0 Å². The Bertz CT molecular complexity index is 325. The Morgan fingerprint density at radius 2 is 2.36 bits per heavy atom. The molecule has 2 rings (SSSR count). The second kappa shape index (κ2) is 2.54. The van der Waals surface area contributed by atoms with Crippen molar-refractivity contribution in [3.63, 3.8) is 0 Å². The highest BCUT2D eigenvalue weighted by Crippen LogP contribution is 2.12. The van der Waals surface area contributed by atoms with Crippen LogP contribution in [-0.2, 0) is 10.8 Å². The van der Waals surface area contributed by atoms with E-state index in [0.29, 0.717) is 10.8 Å². The minimum absolute atomic E-state index is 0.577. The first-order chi connectivity index (χ1) is 5.38. The Hall–Kier alpha value is -1.03. The van der Waals surface area contributed by atoms with Crippen LogP contribution >= 0.6 is 0 Å². The van der Waals surface area contributed by atoms with Gasteiger partial charge in [0.15, 0.2) is 0 Å². The van der Waals surface area contributed by atoms with Crippen molar-refractivity contribution in [3.8, 4) is 0 Å². The predicted molar refractivity (Wildman–Crippen MR) is 46.2 cm³/mol. The lowest BCUT2D eigenvalue weighted by Crippen LogP contribution is -2.04. The molecule has 2 aliphatic heterocycles. The molecule has 3 nitrogen and oxygen atoms in total. The minimum Gasteiger partial charge on any atom is -0.262 e. The van der Waals surface area contributed by atoms with Crippen LogP contribution in [0.5, 0.6) is 0 Å². The fourth-order valence-electron chi connectivity index (χ4n) is 0.967. The Kier molecular flexibility index (Phi) is 1.54. The number of nitrogens with zero attached hydrogens (tertiary/aromatic N) is 2. The van der Waals surface area contributed by atoms with Crippen molar-refractivity contribution >= 4 is 22.1 Å². The maximum absolute atomic E-state index is 11.2. The first-order valence-corrected chi connectivity index (χ1v) is 4.55. The molecule has 0 saturated carbocycles. The summed E-state index contributed by atoms with van der Waals surface area (Å²) in [5.41, 5.74) is 0.897. The summed E-state index contributed by atoms with van der Waals surface area (Å²) in [5.74, 6) is 0.577. The molecular weight excluding hydrogens is 160 g/mol. The monoisotopic (exact) mass is 166 g/mol. The van der Waals surface area contributed by atoms with Gasteiger partial charge in [-0.05, 0) is 0 Å². The number of hydrogen-bond acceptors (Lipinski definition) is 3. The van der Waals surface area contributed by atoms with Gasteiger partial charge in [-0.1, -0.05) is 6.08 Å². The van der Waals surface area contributed by atoms with E-state index in [0.717, 1.165) is 5.57 Å². The normalized spacial score (nSPS) is 27.5. The average Bonchev–Trinajstić information content (AvgIpc) is 2.25. The predicted octanol–water partition coefficient (Wildman–Crippen LogP) is 0.629. The first-order valence-electron chi connectivity index (χ1n) is 3.23. The van der Waals surface area contributed by atoms with Crippen molar-refractivity contribution in [2.75, 3.05) is 5.75 Å². The highest BCUT2D eigenvalue weighted by atomic mass is 32.2. The summed E-state index contributed by atoms with van der Waals surface area (Å²) in [5, 5.41) is 0.655. The van der Waals surface area contributed by atoms with E-state index in [2.05, 4.69) is 9.98 Å². The second-order valence-electron chi connectivity index (χ2n) is 2.18. The number of fused-ring (bicyclic) bond motifs is 1. The molecule has 11 heavy (non-hydrogen) atoms. The molecule has 0 aromatic heterocycles. The Balaban J connectivity index is 2.49. The van der Waals surface area contributed by atoms with Crippen LogP contribution in [0.15, 0.2) is 34.0 Å². The zero-order chi connectivity index (χ0) is 7.68. The van der Waals surface area contributed by atoms with Crippen LogP contribution in [0.25, 0.3) is 0 Å². The van der Waals surface area contributed by atoms with Gasteiger partial charge in [0.1, 0.15) is 5.04 Å². The van der Waals surface area contributed by atoms with E-state index in [9.17, 15) is 4.21 Å². The van der Waals surface area contributed by atoms with Crippen LogP contribution in [0.4, 0.5) is 0 Å². The van der Waals surface area contributed by atoms with Crippen LogP contribution < -0.4 is 0 Å². The molecule has 0 N–H and O–H groups in total. The van der Waals surface area contributed by atoms with Crippen LogP contribution in [0.3, 0.4) is 0 Å². The quantitative estimate of drug-likeness (QED) is 0.520. The summed E-state index contributed by atoms with van der Waals surface area (Å²) in [7, 11) is -0.936. The molecule has 0 saturated heterocycles. The standard InChI is InChI=1S/C7H6N2OS/c10-11-4-1-6-5-8-2-3-9-7(6)11/h1-3,5H,4H2. The molecule has 0 bridgehead atoms. The van der Waals surface area contributed by atoms with E-state index in [4.69, 9.17) is 0 Å². The minimum atomic E-state index is -0.936. The summed E-state index contributed by atoms with van der Waals surface area (Å²) >= 11 is 0. The zero-order valence-electron chi connectivity index (χ0n) is 5.73. The van der Waals surface area contributed by atoms with Gasteiger partial charge in [-0.15, -0.1) is 0 Å². The van der Waals surface area contributed by atoms with E-state index in [1.54, 1.807) is 18.6 Å². The lowest BCUT2D eigenvalue weighted by molar-refractivity contribution is 0.692. The SMILES string of the molecule is O=S1CC=C2C=NC=CN=C21. The van der Waals surface area contributed by atoms with Crippen LogP contribution in [0, 0.1) is 0 Å². The topological polar surface area (TPSA) is 41.8 Å². The van der Waals surface area contributed by atoms with Gasteiger partial charge >= 0.3 is 0 Å². The largest absolute Gasteiger partial charge is 0.262 e. The van der Waals surface area contributed by atoms with Gasteiger partial charge in [-0.2, -0.15) is 0 Å². The molecule has 0 spiro atoms. The highest BCUT2D eigenvalue weighted by Gasteiger charge is 2.19. The highest BCUT2D eigenvalue weighted by molar-refractivity contribution is 8.01. The zero-order valence-corrected chi connectivity index (χ0v) is 6.54. The van der Waals surface area contributed by atoms with Crippen molar-refractivity contribution in [3.05, 3.63) is 24.0 Å². The number of hydrogen-bond donors (Lipinski definition) is 0. The average molecular weight is 166 g/mol. The molecule has 0 aliphatic carbocycles. The fourth-order valence-corrected chi connectivity index (χ4v) is 2.03. The van der Waals surface area contributed by atoms with Crippen LogP contribution in [0.1, 0.15) is 0 Å². The number of rotatable bonds is 0. The molecule has 0 fully saturated rings. The molecular formula is C7H6N2OS. The molecule has 1 atom stereocenters. The molecule has 0 amide bonds. The van der Waals surface area contributed by atoms with Gasteiger partial charge in [-0.3, -0.25) is 9.20 Å². The van der Waals surface area contributed by atoms with Gasteiger partial charge in [0, 0.05) is 29.9 Å². The molecule has 0 aromatic rings. The Morgan fingerprint density at radius 3 is 3.27 bits per heavy atom. The lowest BCUT2D eigenvalue weighted by atomic mass is 10.3. The van der Waals surface area contributed by atoms with Gasteiger partial charge in [0.25, 0.3) is 0 Å². The van der Waals surface area contributed by atoms with Gasteiger partial charge < -0.3 is 0 Å². The van der Waals surface area contributed by atoms with Gasteiger partial charge in [0.2, 0.25) is 0 Å². The lowest BCUT2D eigenvalue weighted by Gasteiger charge is -1.91. The van der Waals surface area contributed by atoms with Crippen molar-refractivity contribution in [2.24, 2.45) is 9.98 Å². The maximum Gasteiger partial charge on any atom is 0.136 e. The van der Waals surface area contributed by atoms with Crippen molar-refractivity contribution < 1.29 is 4.21 Å².